The number of amides is 2. The van der Waals surface area contributed by atoms with Gasteiger partial charge in [-0.3, -0.25) is 9.59 Å². The number of aromatic nitrogens is 1. The fraction of sp³-hybridized carbons (Fsp3) is 0.625. The van der Waals surface area contributed by atoms with Crippen molar-refractivity contribution in [2.45, 2.75) is 45.1 Å². The van der Waals surface area contributed by atoms with Crippen LogP contribution in [0.5, 0.6) is 0 Å². The number of carbonyl (C=O) groups excluding carboxylic acids is 2. The lowest BCUT2D eigenvalue weighted by molar-refractivity contribution is -0.145. The lowest BCUT2D eigenvalue weighted by Gasteiger charge is -2.38. The van der Waals surface area contributed by atoms with Crippen LogP contribution < -0.4 is 0 Å². The largest absolute Gasteiger partial charge is 0.392 e. The normalized spacial score (nSPS) is 22.6. The SMILES string of the molecule is CCN(CCN1CCC(c2noc3cc(F)ccc23)CC1)C(=O)C1CN(C(C)=O)CCC1O. The molecule has 2 aromatic rings. The van der Waals surface area contributed by atoms with Gasteiger partial charge < -0.3 is 24.3 Å². The molecular formula is C24H33FN4O4. The van der Waals surface area contributed by atoms with Gasteiger partial charge >= 0.3 is 0 Å². The minimum absolute atomic E-state index is 0.0596. The fourth-order valence-corrected chi connectivity index (χ4v) is 5.04. The maximum atomic E-state index is 13.4. The van der Waals surface area contributed by atoms with Gasteiger partial charge in [-0.1, -0.05) is 5.16 Å². The molecule has 1 aromatic heterocycles. The van der Waals surface area contributed by atoms with Crippen molar-refractivity contribution in [2.24, 2.45) is 5.92 Å². The van der Waals surface area contributed by atoms with E-state index in [0.29, 0.717) is 31.6 Å². The lowest BCUT2D eigenvalue weighted by atomic mass is 9.91. The van der Waals surface area contributed by atoms with Crippen molar-refractivity contribution in [1.82, 2.24) is 19.9 Å². The second-order valence-electron chi connectivity index (χ2n) is 9.17. The molecule has 2 fully saturated rings. The average Bonchev–Trinajstić information content (AvgIpc) is 3.22. The number of hydrogen-bond donors (Lipinski definition) is 1. The molecule has 9 heteroatoms. The van der Waals surface area contributed by atoms with Crippen molar-refractivity contribution in [3.63, 3.8) is 0 Å². The number of piperidine rings is 2. The lowest BCUT2D eigenvalue weighted by Crippen LogP contribution is -2.53. The van der Waals surface area contributed by atoms with Crippen LogP contribution in [0.15, 0.2) is 22.7 Å². The number of fused-ring (bicyclic) bond motifs is 1. The number of benzene rings is 1. The summed E-state index contributed by atoms with van der Waals surface area (Å²) in [5.41, 5.74) is 1.38. The molecule has 2 unspecified atom stereocenters. The highest BCUT2D eigenvalue weighted by molar-refractivity contribution is 5.81. The minimum Gasteiger partial charge on any atom is -0.392 e. The second-order valence-corrected chi connectivity index (χ2v) is 9.17. The predicted octanol–water partition coefficient (Wildman–Crippen LogP) is 2.22. The van der Waals surface area contributed by atoms with Gasteiger partial charge in [-0.15, -0.1) is 0 Å². The molecule has 4 rings (SSSR count). The van der Waals surface area contributed by atoms with Crippen LogP contribution in [0.2, 0.25) is 0 Å². The van der Waals surface area contributed by atoms with Gasteiger partial charge in [0, 0.05) is 57.0 Å². The van der Waals surface area contributed by atoms with Gasteiger partial charge in [0.25, 0.3) is 0 Å². The van der Waals surface area contributed by atoms with E-state index in [-0.39, 0.29) is 30.1 Å². The number of hydrogen-bond acceptors (Lipinski definition) is 6. The second kappa shape index (κ2) is 10.2. The summed E-state index contributed by atoms with van der Waals surface area (Å²) in [6.07, 6.45) is 1.58. The Bertz CT molecular complexity index is 988. The highest BCUT2D eigenvalue weighted by Crippen LogP contribution is 2.32. The summed E-state index contributed by atoms with van der Waals surface area (Å²) < 4.78 is 18.7. The number of likely N-dealkylation sites (tertiary alicyclic amines) is 2. The topological polar surface area (TPSA) is 90.1 Å². The van der Waals surface area contributed by atoms with E-state index in [9.17, 15) is 19.1 Å². The van der Waals surface area contributed by atoms with Crippen LogP contribution >= 0.6 is 0 Å². The molecule has 0 spiro atoms. The third kappa shape index (κ3) is 5.19. The third-order valence-corrected chi connectivity index (χ3v) is 7.15. The van der Waals surface area contributed by atoms with E-state index in [2.05, 4.69) is 10.1 Å². The molecule has 0 radical (unpaired) electrons. The van der Waals surface area contributed by atoms with Crippen LogP contribution in [0, 0.1) is 11.7 Å². The Morgan fingerprint density at radius 1 is 1.24 bits per heavy atom. The first-order chi connectivity index (χ1) is 15.9. The third-order valence-electron chi connectivity index (χ3n) is 7.15. The highest BCUT2D eigenvalue weighted by Gasteiger charge is 2.36. The summed E-state index contributed by atoms with van der Waals surface area (Å²) in [4.78, 5) is 30.6. The Morgan fingerprint density at radius 2 is 2.00 bits per heavy atom. The Morgan fingerprint density at radius 3 is 2.70 bits per heavy atom. The van der Waals surface area contributed by atoms with Crippen LogP contribution in [0.25, 0.3) is 11.0 Å². The van der Waals surface area contributed by atoms with E-state index in [0.717, 1.165) is 43.6 Å². The van der Waals surface area contributed by atoms with E-state index in [1.807, 2.05) is 6.92 Å². The molecule has 2 aliphatic heterocycles. The summed E-state index contributed by atoms with van der Waals surface area (Å²) in [7, 11) is 0. The van der Waals surface area contributed by atoms with Gasteiger partial charge in [-0.2, -0.15) is 0 Å². The monoisotopic (exact) mass is 460 g/mol. The van der Waals surface area contributed by atoms with Crippen molar-refractivity contribution >= 4 is 22.8 Å². The number of likely N-dealkylation sites (N-methyl/N-ethyl adjacent to an activating group) is 1. The summed E-state index contributed by atoms with van der Waals surface area (Å²) in [6, 6.07) is 4.55. The average molecular weight is 461 g/mol. The van der Waals surface area contributed by atoms with Gasteiger partial charge in [0.2, 0.25) is 11.8 Å². The van der Waals surface area contributed by atoms with E-state index in [1.165, 1.54) is 19.1 Å². The molecule has 2 atom stereocenters. The number of nitrogens with zero attached hydrogens (tertiary/aromatic N) is 4. The molecule has 3 heterocycles. The summed E-state index contributed by atoms with van der Waals surface area (Å²) >= 11 is 0. The molecule has 0 aliphatic carbocycles. The van der Waals surface area contributed by atoms with Crippen molar-refractivity contribution in [3.8, 4) is 0 Å². The molecule has 1 aromatic carbocycles. The molecule has 2 aliphatic rings. The van der Waals surface area contributed by atoms with Gasteiger partial charge in [0.15, 0.2) is 5.58 Å². The van der Waals surface area contributed by atoms with Gasteiger partial charge in [-0.25, -0.2) is 4.39 Å². The van der Waals surface area contributed by atoms with E-state index in [4.69, 9.17) is 4.52 Å². The number of rotatable bonds is 6. The van der Waals surface area contributed by atoms with Gasteiger partial charge in [0.1, 0.15) is 5.82 Å². The van der Waals surface area contributed by atoms with Gasteiger partial charge in [-0.05, 0) is 51.4 Å². The summed E-state index contributed by atoms with van der Waals surface area (Å²) in [5, 5.41) is 15.5. The van der Waals surface area contributed by atoms with Crippen LogP contribution in [0.3, 0.4) is 0 Å². The molecule has 8 nitrogen and oxygen atoms in total. The Hall–Kier alpha value is -2.52. The highest BCUT2D eigenvalue weighted by atomic mass is 19.1. The minimum atomic E-state index is -0.705. The first-order valence-corrected chi connectivity index (χ1v) is 11.9. The van der Waals surface area contributed by atoms with E-state index < -0.39 is 12.0 Å². The molecular weight excluding hydrogens is 427 g/mol. The fourth-order valence-electron chi connectivity index (χ4n) is 5.04. The molecule has 2 amide bonds. The van der Waals surface area contributed by atoms with E-state index in [1.54, 1.807) is 15.9 Å². The predicted molar refractivity (Wildman–Crippen MR) is 121 cm³/mol. The Labute approximate surface area is 193 Å². The van der Waals surface area contributed by atoms with Crippen molar-refractivity contribution in [1.29, 1.82) is 0 Å². The van der Waals surface area contributed by atoms with Gasteiger partial charge in [0.05, 0.1) is 17.7 Å². The maximum absolute atomic E-state index is 13.4. The standard InChI is InChI=1S/C24H33FN4O4/c1-3-28(24(32)20-15-29(16(2)30)11-8-21(20)31)13-12-27-9-6-17(7-10-27)23-19-5-4-18(25)14-22(19)33-26-23/h4-5,14,17,20-21,31H,3,6-13,15H2,1-2H3. The Balaban J connectivity index is 1.30. The van der Waals surface area contributed by atoms with Crippen molar-refractivity contribution in [2.75, 3.05) is 45.8 Å². The maximum Gasteiger partial charge on any atom is 0.230 e. The molecule has 2 saturated heterocycles. The summed E-state index contributed by atoms with van der Waals surface area (Å²) in [5.74, 6) is -0.752. The number of aliphatic hydroxyl groups is 1. The zero-order chi connectivity index (χ0) is 23.5. The molecule has 33 heavy (non-hydrogen) atoms. The summed E-state index contributed by atoms with van der Waals surface area (Å²) in [6.45, 7) is 7.92. The zero-order valence-electron chi connectivity index (χ0n) is 19.4. The van der Waals surface area contributed by atoms with Crippen molar-refractivity contribution < 1.29 is 23.6 Å². The van der Waals surface area contributed by atoms with Crippen LogP contribution in [0.1, 0.15) is 44.7 Å². The first-order valence-electron chi connectivity index (χ1n) is 11.9. The smallest absolute Gasteiger partial charge is 0.230 e. The molecule has 0 bridgehead atoms. The van der Waals surface area contributed by atoms with Crippen LogP contribution in [-0.2, 0) is 9.59 Å². The number of halogens is 1. The number of carbonyl (C=O) groups is 2. The number of aliphatic hydroxyl groups excluding tert-OH is 1. The molecule has 180 valence electrons. The first kappa shape index (κ1) is 23.6. The van der Waals surface area contributed by atoms with Crippen LogP contribution in [-0.4, -0.2) is 88.7 Å². The quantitative estimate of drug-likeness (QED) is 0.711. The molecule has 0 saturated carbocycles. The van der Waals surface area contributed by atoms with Crippen LogP contribution in [0.4, 0.5) is 4.39 Å². The Kier molecular flexibility index (Phi) is 7.29. The van der Waals surface area contributed by atoms with E-state index >= 15 is 0 Å². The molecule has 1 N–H and O–H groups in total. The van der Waals surface area contributed by atoms with Crippen molar-refractivity contribution in [3.05, 3.63) is 29.7 Å². The zero-order valence-corrected chi connectivity index (χ0v) is 19.4.